The second-order valence-corrected chi connectivity index (χ2v) is 8.00. The number of hydrogen-bond acceptors (Lipinski definition) is 8. The molecule has 1 aliphatic rings. The van der Waals surface area contributed by atoms with Crippen LogP contribution in [0.3, 0.4) is 0 Å². The van der Waals surface area contributed by atoms with Crippen molar-refractivity contribution in [1.82, 2.24) is 19.9 Å². The quantitative estimate of drug-likeness (QED) is 0.414. The van der Waals surface area contributed by atoms with Crippen molar-refractivity contribution in [3.05, 3.63) is 66.5 Å². The lowest BCUT2D eigenvalue weighted by Gasteiger charge is -2.36. The predicted octanol–water partition coefficient (Wildman–Crippen LogP) is 4.49. The molecule has 2 aromatic heterocycles. The van der Waals surface area contributed by atoms with Gasteiger partial charge in [-0.25, -0.2) is 13.8 Å². The molecule has 0 saturated carbocycles. The fraction of sp³-hybridized carbons (Fsp3) is 0.208. The van der Waals surface area contributed by atoms with Gasteiger partial charge in [-0.05, 0) is 43.4 Å². The molecule has 3 heterocycles. The molecule has 4 aromatic rings. The summed E-state index contributed by atoms with van der Waals surface area (Å²) in [6.07, 6.45) is 3.18. The Morgan fingerprint density at radius 3 is 2.62 bits per heavy atom. The van der Waals surface area contributed by atoms with E-state index in [9.17, 15) is 8.78 Å². The Balaban J connectivity index is 1.30. The van der Waals surface area contributed by atoms with Crippen LogP contribution in [0.2, 0.25) is 0 Å². The molecular weight excluding hydrogens is 442 g/mol. The van der Waals surface area contributed by atoms with Gasteiger partial charge in [0.2, 0.25) is 5.95 Å². The number of likely N-dealkylation sites (N-methyl/N-ethyl adjacent to an activating group) is 1. The second-order valence-electron chi connectivity index (χ2n) is 8.00. The fourth-order valence-electron chi connectivity index (χ4n) is 3.71. The minimum atomic E-state index is -0.968. The molecule has 34 heavy (non-hydrogen) atoms. The van der Waals surface area contributed by atoms with Gasteiger partial charge in [0.05, 0.1) is 19.0 Å². The molecule has 8 nitrogen and oxygen atoms in total. The maximum absolute atomic E-state index is 13.9. The second kappa shape index (κ2) is 9.06. The van der Waals surface area contributed by atoms with E-state index in [1.165, 1.54) is 12.3 Å². The number of methoxy groups -OCH3 is 1. The number of pyridine rings is 1. The summed E-state index contributed by atoms with van der Waals surface area (Å²) in [6, 6.07) is 11.4. The molecule has 0 aliphatic carbocycles. The molecule has 5 rings (SSSR count). The molecule has 2 N–H and O–H groups in total. The smallest absolute Gasteiger partial charge is 0.229 e. The number of hydrogen-bond donors (Lipinski definition) is 2. The SMILES string of the molecule is COc1cc(Nc2nccc(Nc3cnc4c(F)c(F)ccc4c3)n2)ccc1OC1CN(C)C1. The Hall–Kier alpha value is -4.05. The number of rotatable bonds is 7. The summed E-state index contributed by atoms with van der Waals surface area (Å²) in [5, 5.41) is 6.73. The van der Waals surface area contributed by atoms with Crippen LogP contribution in [0.15, 0.2) is 54.9 Å². The molecule has 1 saturated heterocycles. The molecule has 1 aliphatic heterocycles. The maximum Gasteiger partial charge on any atom is 0.229 e. The van der Waals surface area contributed by atoms with Gasteiger partial charge in [-0.2, -0.15) is 4.98 Å². The Labute approximate surface area is 194 Å². The minimum absolute atomic E-state index is 0.0266. The first-order chi connectivity index (χ1) is 16.5. The number of benzene rings is 2. The normalized spacial score (nSPS) is 14.0. The topological polar surface area (TPSA) is 84.4 Å². The predicted molar refractivity (Wildman–Crippen MR) is 125 cm³/mol. The third-order valence-electron chi connectivity index (χ3n) is 5.42. The Bertz CT molecular complexity index is 1350. The van der Waals surface area contributed by atoms with Gasteiger partial charge in [-0.15, -0.1) is 0 Å². The van der Waals surface area contributed by atoms with Crippen molar-refractivity contribution in [2.75, 3.05) is 37.9 Å². The van der Waals surface area contributed by atoms with E-state index < -0.39 is 11.6 Å². The Morgan fingerprint density at radius 1 is 0.971 bits per heavy atom. The van der Waals surface area contributed by atoms with Crippen LogP contribution in [0.5, 0.6) is 11.5 Å². The fourth-order valence-corrected chi connectivity index (χ4v) is 3.71. The van der Waals surface area contributed by atoms with E-state index >= 15 is 0 Å². The molecule has 0 radical (unpaired) electrons. The lowest BCUT2D eigenvalue weighted by Crippen LogP contribution is -2.51. The van der Waals surface area contributed by atoms with Crippen LogP contribution >= 0.6 is 0 Å². The molecule has 0 amide bonds. The third-order valence-corrected chi connectivity index (χ3v) is 5.42. The van der Waals surface area contributed by atoms with E-state index in [1.54, 1.807) is 25.4 Å². The average Bonchev–Trinajstić information content (AvgIpc) is 2.81. The molecule has 10 heteroatoms. The Morgan fingerprint density at radius 2 is 1.82 bits per heavy atom. The van der Waals surface area contributed by atoms with Crippen LogP contribution in [0, 0.1) is 11.6 Å². The zero-order valence-electron chi connectivity index (χ0n) is 18.5. The summed E-state index contributed by atoms with van der Waals surface area (Å²) >= 11 is 0. The van der Waals surface area contributed by atoms with Crippen LogP contribution in [0.25, 0.3) is 10.9 Å². The van der Waals surface area contributed by atoms with E-state index in [1.807, 2.05) is 25.2 Å². The largest absolute Gasteiger partial charge is 0.493 e. The van der Waals surface area contributed by atoms with Crippen LogP contribution in [-0.4, -0.2) is 53.2 Å². The van der Waals surface area contributed by atoms with Crippen LogP contribution in [0.1, 0.15) is 0 Å². The molecule has 0 unspecified atom stereocenters. The number of likely N-dealkylation sites (tertiary alicyclic amines) is 1. The lowest BCUT2D eigenvalue weighted by molar-refractivity contribution is 0.0370. The highest BCUT2D eigenvalue weighted by Crippen LogP contribution is 2.33. The molecule has 174 valence electrons. The van der Waals surface area contributed by atoms with Gasteiger partial charge in [0.15, 0.2) is 23.1 Å². The summed E-state index contributed by atoms with van der Waals surface area (Å²) in [7, 11) is 3.64. The first-order valence-electron chi connectivity index (χ1n) is 10.6. The zero-order valence-corrected chi connectivity index (χ0v) is 18.5. The van der Waals surface area contributed by atoms with Crippen molar-refractivity contribution in [3.8, 4) is 11.5 Å². The zero-order chi connectivity index (χ0) is 23.7. The van der Waals surface area contributed by atoms with E-state index in [4.69, 9.17) is 9.47 Å². The minimum Gasteiger partial charge on any atom is -0.493 e. The number of anilines is 4. The van der Waals surface area contributed by atoms with Gasteiger partial charge in [-0.3, -0.25) is 9.88 Å². The van der Waals surface area contributed by atoms with E-state index in [0.29, 0.717) is 34.3 Å². The maximum atomic E-state index is 13.9. The molecule has 0 bridgehead atoms. The monoisotopic (exact) mass is 464 g/mol. The summed E-state index contributed by atoms with van der Waals surface area (Å²) in [5.41, 5.74) is 1.28. The summed E-state index contributed by atoms with van der Waals surface area (Å²) < 4.78 is 38.8. The van der Waals surface area contributed by atoms with E-state index in [-0.39, 0.29) is 11.6 Å². The molecule has 0 atom stereocenters. The van der Waals surface area contributed by atoms with E-state index in [0.717, 1.165) is 24.8 Å². The Kier molecular flexibility index (Phi) is 5.81. The van der Waals surface area contributed by atoms with Gasteiger partial charge >= 0.3 is 0 Å². The third kappa shape index (κ3) is 4.53. The van der Waals surface area contributed by atoms with Gasteiger partial charge in [0.1, 0.15) is 17.4 Å². The van der Waals surface area contributed by atoms with Crippen LogP contribution in [-0.2, 0) is 0 Å². The van der Waals surface area contributed by atoms with Crippen LogP contribution in [0.4, 0.5) is 31.9 Å². The average molecular weight is 464 g/mol. The van der Waals surface area contributed by atoms with Gasteiger partial charge in [0.25, 0.3) is 0 Å². The van der Waals surface area contributed by atoms with Crippen molar-refractivity contribution in [2.24, 2.45) is 0 Å². The molecule has 0 spiro atoms. The highest BCUT2D eigenvalue weighted by atomic mass is 19.2. The lowest BCUT2D eigenvalue weighted by atomic mass is 10.2. The summed E-state index contributed by atoms with van der Waals surface area (Å²) in [4.78, 5) is 14.9. The number of fused-ring (bicyclic) bond motifs is 1. The van der Waals surface area contributed by atoms with Crippen molar-refractivity contribution >= 4 is 34.0 Å². The number of aromatic nitrogens is 3. The van der Waals surface area contributed by atoms with Crippen molar-refractivity contribution in [3.63, 3.8) is 0 Å². The van der Waals surface area contributed by atoms with Crippen molar-refractivity contribution in [1.29, 1.82) is 0 Å². The van der Waals surface area contributed by atoms with Gasteiger partial charge in [0, 0.05) is 36.4 Å². The van der Waals surface area contributed by atoms with Gasteiger partial charge in [-0.1, -0.05) is 0 Å². The number of ether oxygens (including phenoxy) is 2. The number of nitrogens with one attached hydrogen (secondary N) is 2. The summed E-state index contributed by atoms with van der Waals surface area (Å²) in [5.74, 6) is 0.261. The first-order valence-corrected chi connectivity index (χ1v) is 10.6. The van der Waals surface area contributed by atoms with Crippen molar-refractivity contribution in [2.45, 2.75) is 6.10 Å². The molecule has 2 aromatic carbocycles. The highest BCUT2D eigenvalue weighted by Gasteiger charge is 2.26. The summed E-state index contributed by atoms with van der Waals surface area (Å²) in [6.45, 7) is 1.77. The van der Waals surface area contributed by atoms with Crippen molar-refractivity contribution < 1.29 is 18.3 Å². The standard InChI is InChI=1S/C24H22F2N6O2/c1-32-12-17(13-32)34-19-6-4-15(10-20(19)33-2)30-24-27-8-7-21(31-24)29-16-9-14-3-5-18(25)22(26)23(14)28-11-16/h3-11,17H,12-13H2,1-2H3,(H2,27,29,30,31). The first kappa shape index (κ1) is 21.8. The van der Waals surface area contributed by atoms with Crippen LogP contribution < -0.4 is 20.1 Å². The highest BCUT2D eigenvalue weighted by molar-refractivity contribution is 5.83. The number of halogens is 2. The van der Waals surface area contributed by atoms with Gasteiger partial charge < -0.3 is 20.1 Å². The molecule has 1 fully saturated rings. The molecular formula is C24H22F2N6O2. The number of nitrogens with zero attached hydrogens (tertiary/aromatic N) is 4. The van der Waals surface area contributed by atoms with E-state index in [2.05, 4.69) is 30.5 Å².